The predicted octanol–water partition coefficient (Wildman–Crippen LogP) is 5.99. The van der Waals surface area contributed by atoms with Crippen molar-refractivity contribution in [2.45, 2.75) is 58.1 Å². The first kappa shape index (κ1) is 28.1. The Bertz CT molecular complexity index is 1380. The molecule has 0 N–H and O–H groups in total. The molecule has 3 atom stereocenters. The number of aromatic nitrogens is 2. The standard InChI is InChI=1S/C33H41N3O4/c1-23(2)31(37)40-33(21-25-14-15-26(33)20-28(25)24-10-6-5-7-11-24)16-19-35(3)17-9-18-36-22-34-30-27(32(38)39-4)12-8-13-29(30)36/h5-8,10-13,20,22-23,25-26H,9,14-19,21H2,1-4H3/t25-,26-,33+/m1/s1. The van der Waals surface area contributed by atoms with E-state index in [1.54, 1.807) is 12.4 Å². The highest BCUT2D eigenvalue weighted by atomic mass is 16.6. The van der Waals surface area contributed by atoms with Crippen molar-refractivity contribution >= 4 is 28.5 Å². The average Bonchev–Trinajstić information content (AvgIpc) is 3.39. The lowest BCUT2D eigenvalue weighted by molar-refractivity contribution is -0.176. The van der Waals surface area contributed by atoms with Crippen molar-refractivity contribution in [2.75, 3.05) is 27.2 Å². The number of allylic oxidation sites excluding steroid dienone is 1. The van der Waals surface area contributed by atoms with Gasteiger partial charge in [0.2, 0.25) is 0 Å². The monoisotopic (exact) mass is 543 g/mol. The second-order valence-electron chi connectivity index (χ2n) is 11.7. The Kier molecular flexibility index (Phi) is 8.40. The normalized spacial score (nSPS) is 22.1. The Morgan fingerprint density at radius 1 is 1.10 bits per heavy atom. The molecule has 6 rings (SSSR count). The number of hydrogen-bond donors (Lipinski definition) is 0. The number of para-hydroxylation sites is 1. The minimum atomic E-state index is -0.443. The van der Waals surface area contributed by atoms with E-state index in [1.807, 2.05) is 26.0 Å². The summed E-state index contributed by atoms with van der Waals surface area (Å²) in [6.07, 6.45) is 9.09. The summed E-state index contributed by atoms with van der Waals surface area (Å²) in [5.74, 6) is 0.0533. The quantitative estimate of drug-likeness (QED) is 0.277. The maximum absolute atomic E-state index is 12.9. The summed E-state index contributed by atoms with van der Waals surface area (Å²) in [7, 11) is 3.53. The molecule has 0 spiro atoms. The molecule has 0 saturated heterocycles. The van der Waals surface area contributed by atoms with Gasteiger partial charge in [-0.2, -0.15) is 0 Å². The predicted molar refractivity (Wildman–Crippen MR) is 157 cm³/mol. The molecule has 1 heterocycles. The fourth-order valence-corrected chi connectivity index (χ4v) is 6.45. The van der Waals surface area contributed by atoms with E-state index < -0.39 is 5.60 Å². The van der Waals surface area contributed by atoms with Crippen molar-refractivity contribution in [1.29, 1.82) is 0 Å². The van der Waals surface area contributed by atoms with Crippen LogP contribution in [0, 0.1) is 17.8 Å². The molecule has 0 amide bonds. The molecule has 1 saturated carbocycles. The second-order valence-corrected chi connectivity index (χ2v) is 11.7. The molecule has 40 heavy (non-hydrogen) atoms. The zero-order valence-corrected chi connectivity index (χ0v) is 24.1. The van der Waals surface area contributed by atoms with E-state index >= 15 is 0 Å². The van der Waals surface area contributed by atoms with Crippen LogP contribution in [0.15, 0.2) is 60.9 Å². The number of methoxy groups -OCH3 is 1. The SMILES string of the molecule is COC(=O)c1cccc2c1ncn2CCCN(C)CC[C@]1(OC(=O)C(C)C)C[C@H]2CC[C@@H]1C=C2c1ccccc1. The van der Waals surface area contributed by atoms with Crippen LogP contribution in [0.5, 0.6) is 0 Å². The number of ether oxygens (including phenoxy) is 2. The molecule has 212 valence electrons. The third kappa shape index (κ3) is 5.71. The molecule has 2 bridgehead atoms. The summed E-state index contributed by atoms with van der Waals surface area (Å²) in [6.45, 7) is 6.40. The zero-order chi connectivity index (χ0) is 28.3. The van der Waals surface area contributed by atoms with Crippen molar-refractivity contribution in [2.24, 2.45) is 17.8 Å². The van der Waals surface area contributed by atoms with E-state index in [0.717, 1.165) is 57.3 Å². The molecule has 7 heteroatoms. The third-order valence-corrected chi connectivity index (χ3v) is 8.71. The first-order chi connectivity index (χ1) is 19.3. The number of fused-ring (bicyclic) bond motifs is 3. The fourth-order valence-electron chi connectivity index (χ4n) is 6.45. The van der Waals surface area contributed by atoms with Gasteiger partial charge in [-0.1, -0.05) is 56.3 Å². The fraction of sp³-hybridized carbons (Fsp3) is 0.485. The summed E-state index contributed by atoms with van der Waals surface area (Å²) < 4.78 is 13.4. The molecule has 0 unspecified atom stereocenters. The molecule has 3 aromatic rings. The zero-order valence-electron chi connectivity index (χ0n) is 24.1. The Hall–Kier alpha value is -3.45. The van der Waals surface area contributed by atoms with Crippen LogP contribution in [-0.2, 0) is 20.8 Å². The smallest absolute Gasteiger partial charge is 0.340 e. The number of esters is 2. The molecule has 3 aliphatic carbocycles. The van der Waals surface area contributed by atoms with Crippen LogP contribution in [0.1, 0.15) is 61.9 Å². The first-order valence-corrected chi connectivity index (χ1v) is 14.5. The lowest BCUT2D eigenvalue weighted by atomic mass is 9.60. The van der Waals surface area contributed by atoms with Crippen molar-refractivity contribution in [3.8, 4) is 0 Å². The third-order valence-electron chi connectivity index (χ3n) is 8.71. The van der Waals surface area contributed by atoms with Crippen molar-refractivity contribution in [3.63, 3.8) is 0 Å². The van der Waals surface area contributed by atoms with Crippen LogP contribution in [0.2, 0.25) is 0 Å². The van der Waals surface area contributed by atoms with Gasteiger partial charge in [0.05, 0.1) is 30.4 Å². The molecule has 1 aromatic heterocycles. The number of carbonyl (C=O) groups is 2. The summed E-state index contributed by atoms with van der Waals surface area (Å²) >= 11 is 0. The largest absolute Gasteiger partial charge is 0.465 e. The topological polar surface area (TPSA) is 73.7 Å². The van der Waals surface area contributed by atoms with Crippen LogP contribution in [0.25, 0.3) is 16.6 Å². The number of aryl methyl sites for hydroxylation is 1. The molecule has 0 radical (unpaired) electrons. The minimum Gasteiger partial charge on any atom is -0.465 e. The van der Waals surface area contributed by atoms with Gasteiger partial charge < -0.3 is 18.9 Å². The van der Waals surface area contributed by atoms with E-state index in [0.29, 0.717) is 17.0 Å². The summed E-state index contributed by atoms with van der Waals surface area (Å²) in [6, 6.07) is 16.3. The maximum atomic E-state index is 12.9. The number of benzene rings is 2. The van der Waals surface area contributed by atoms with Crippen LogP contribution in [0.4, 0.5) is 0 Å². The molecular formula is C33H41N3O4. The number of imidazole rings is 1. The van der Waals surface area contributed by atoms with E-state index in [-0.39, 0.29) is 23.8 Å². The van der Waals surface area contributed by atoms with E-state index in [1.165, 1.54) is 18.2 Å². The summed E-state index contributed by atoms with van der Waals surface area (Å²) in [5.41, 5.74) is 4.37. The Labute approximate surface area is 237 Å². The average molecular weight is 544 g/mol. The molecule has 1 fully saturated rings. The van der Waals surface area contributed by atoms with Gasteiger partial charge in [0.15, 0.2) is 0 Å². The van der Waals surface area contributed by atoms with Crippen LogP contribution >= 0.6 is 0 Å². The van der Waals surface area contributed by atoms with Crippen molar-refractivity contribution < 1.29 is 19.1 Å². The van der Waals surface area contributed by atoms with Gasteiger partial charge >= 0.3 is 11.9 Å². The second kappa shape index (κ2) is 12.0. The number of carbonyl (C=O) groups excluding carboxylic acids is 2. The van der Waals surface area contributed by atoms with Gasteiger partial charge in [-0.05, 0) is 68.5 Å². The maximum Gasteiger partial charge on any atom is 0.340 e. The van der Waals surface area contributed by atoms with Crippen LogP contribution < -0.4 is 0 Å². The van der Waals surface area contributed by atoms with E-state index in [4.69, 9.17) is 9.47 Å². The van der Waals surface area contributed by atoms with Crippen LogP contribution in [0.3, 0.4) is 0 Å². The Morgan fingerprint density at radius 3 is 2.60 bits per heavy atom. The lowest BCUT2D eigenvalue weighted by Gasteiger charge is -2.50. The summed E-state index contributed by atoms with van der Waals surface area (Å²) in [4.78, 5) is 31.8. The summed E-state index contributed by atoms with van der Waals surface area (Å²) in [5, 5.41) is 0. The Morgan fingerprint density at radius 2 is 1.90 bits per heavy atom. The van der Waals surface area contributed by atoms with Crippen LogP contribution in [-0.4, -0.2) is 59.2 Å². The van der Waals surface area contributed by atoms with Gasteiger partial charge in [-0.15, -0.1) is 0 Å². The lowest BCUT2D eigenvalue weighted by Crippen LogP contribution is -2.51. The van der Waals surface area contributed by atoms with Crippen molar-refractivity contribution in [3.05, 3.63) is 72.1 Å². The number of rotatable bonds is 11. The van der Waals surface area contributed by atoms with Gasteiger partial charge in [0.1, 0.15) is 11.1 Å². The molecule has 7 nitrogen and oxygen atoms in total. The number of hydrogen-bond acceptors (Lipinski definition) is 6. The molecule has 2 aromatic carbocycles. The van der Waals surface area contributed by atoms with E-state index in [9.17, 15) is 9.59 Å². The minimum absolute atomic E-state index is 0.0943. The first-order valence-electron chi connectivity index (χ1n) is 14.5. The highest BCUT2D eigenvalue weighted by molar-refractivity contribution is 6.01. The molecule has 0 aliphatic heterocycles. The highest BCUT2D eigenvalue weighted by Crippen LogP contribution is 2.53. The van der Waals surface area contributed by atoms with Gasteiger partial charge in [-0.25, -0.2) is 9.78 Å². The van der Waals surface area contributed by atoms with E-state index in [2.05, 4.69) is 57.9 Å². The van der Waals surface area contributed by atoms with Gasteiger partial charge in [0, 0.05) is 25.4 Å². The molecular weight excluding hydrogens is 502 g/mol. The highest BCUT2D eigenvalue weighted by Gasteiger charge is 2.50. The Balaban J connectivity index is 1.24. The van der Waals surface area contributed by atoms with Gasteiger partial charge in [-0.3, -0.25) is 4.79 Å². The van der Waals surface area contributed by atoms with Crippen molar-refractivity contribution in [1.82, 2.24) is 14.5 Å². The number of nitrogens with zero attached hydrogens (tertiary/aromatic N) is 3. The van der Waals surface area contributed by atoms with Gasteiger partial charge in [0.25, 0.3) is 0 Å². The molecule has 3 aliphatic rings.